The van der Waals surface area contributed by atoms with Gasteiger partial charge in [-0.15, -0.1) is 24.5 Å². The molecular formula is C13H11BrF3N3OS. The van der Waals surface area contributed by atoms with E-state index in [1.165, 1.54) is 29.5 Å². The van der Waals surface area contributed by atoms with Crippen molar-refractivity contribution in [1.29, 1.82) is 0 Å². The van der Waals surface area contributed by atoms with Crippen molar-refractivity contribution in [2.75, 3.05) is 5.32 Å². The van der Waals surface area contributed by atoms with Gasteiger partial charge in [-0.1, -0.05) is 12.1 Å². The Balaban J connectivity index is 2.06. The molecule has 1 heterocycles. The van der Waals surface area contributed by atoms with Gasteiger partial charge in [0, 0.05) is 4.88 Å². The molecule has 118 valence electrons. The minimum atomic E-state index is -4.77. The second-order valence-electron chi connectivity index (χ2n) is 4.08. The highest BCUT2D eigenvalue weighted by Crippen LogP contribution is 2.29. The highest BCUT2D eigenvalue weighted by atomic mass is 79.9. The van der Waals surface area contributed by atoms with Crippen LogP contribution in [0.1, 0.15) is 4.88 Å². The molecule has 1 aromatic heterocycles. The van der Waals surface area contributed by atoms with E-state index in [0.29, 0.717) is 6.54 Å². The highest BCUT2D eigenvalue weighted by Gasteiger charge is 2.32. The summed E-state index contributed by atoms with van der Waals surface area (Å²) in [6, 6.07) is 9.38. The van der Waals surface area contributed by atoms with Crippen molar-refractivity contribution in [2.45, 2.75) is 12.9 Å². The van der Waals surface area contributed by atoms with E-state index >= 15 is 0 Å². The maximum absolute atomic E-state index is 12.3. The Kier molecular flexibility index (Phi) is 5.30. The fraction of sp³-hybridized carbons (Fsp3) is 0.154. The Morgan fingerprint density at radius 3 is 2.64 bits per heavy atom. The molecule has 0 radical (unpaired) electrons. The summed E-state index contributed by atoms with van der Waals surface area (Å²) < 4.78 is 41.8. The van der Waals surface area contributed by atoms with Gasteiger partial charge >= 0.3 is 6.36 Å². The van der Waals surface area contributed by atoms with Crippen molar-refractivity contribution in [1.82, 2.24) is 0 Å². The number of nitrogens with zero attached hydrogens (tertiary/aromatic N) is 1. The van der Waals surface area contributed by atoms with E-state index in [1.807, 2.05) is 12.1 Å². The van der Waals surface area contributed by atoms with Crippen LogP contribution >= 0.6 is 27.3 Å². The van der Waals surface area contributed by atoms with Crippen LogP contribution in [0, 0.1) is 0 Å². The smallest absolute Gasteiger partial charge is 0.404 e. The van der Waals surface area contributed by atoms with E-state index in [2.05, 4.69) is 31.0 Å². The summed E-state index contributed by atoms with van der Waals surface area (Å²) in [4.78, 5) is 5.05. The third-order valence-corrected chi connectivity index (χ3v) is 4.02. The van der Waals surface area contributed by atoms with Gasteiger partial charge in [-0.2, -0.15) is 0 Å². The lowest BCUT2D eigenvalue weighted by Gasteiger charge is -2.14. The lowest BCUT2D eigenvalue weighted by molar-refractivity contribution is -0.274. The van der Waals surface area contributed by atoms with E-state index in [-0.39, 0.29) is 17.4 Å². The first kappa shape index (κ1) is 16.6. The van der Waals surface area contributed by atoms with E-state index in [4.69, 9.17) is 5.73 Å². The lowest BCUT2D eigenvalue weighted by Crippen LogP contribution is -2.24. The average Bonchev–Trinajstić information content (AvgIpc) is 2.83. The van der Waals surface area contributed by atoms with Gasteiger partial charge in [0.15, 0.2) is 11.7 Å². The Bertz CT molecular complexity index is 673. The summed E-state index contributed by atoms with van der Waals surface area (Å²) in [5, 5.41) is 2.61. The molecule has 0 aliphatic heterocycles. The van der Waals surface area contributed by atoms with Crippen LogP contribution in [0.15, 0.2) is 45.2 Å². The first-order chi connectivity index (χ1) is 10.3. The number of guanidine groups is 1. The number of nitrogens with two attached hydrogens (primary N) is 1. The quantitative estimate of drug-likeness (QED) is 0.599. The Morgan fingerprint density at radius 2 is 2.00 bits per heavy atom. The molecule has 0 spiro atoms. The van der Waals surface area contributed by atoms with Crippen LogP contribution in [0.2, 0.25) is 0 Å². The van der Waals surface area contributed by atoms with E-state index in [1.54, 1.807) is 6.07 Å². The molecule has 3 N–H and O–H groups in total. The van der Waals surface area contributed by atoms with Crippen LogP contribution in [-0.4, -0.2) is 12.3 Å². The van der Waals surface area contributed by atoms with E-state index < -0.39 is 6.36 Å². The molecule has 0 aliphatic carbocycles. The summed E-state index contributed by atoms with van der Waals surface area (Å²) in [5.74, 6) is -0.366. The van der Waals surface area contributed by atoms with Crippen LogP contribution in [0.5, 0.6) is 5.75 Å². The highest BCUT2D eigenvalue weighted by molar-refractivity contribution is 9.11. The number of nitrogens with one attached hydrogen (secondary N) is 1. The number of benzene rings is 1. The maximum Gasteiger partial charge on any atom is 0.573 e. The SMILES string of the molecule is NC(=NCc1ccc(Br)s1)Nc1ccccc1OC(F)(F)F. The van der Waals surface area contributed by atoms with Crippen LogP contribution in [-0.2, 0) is 6.54 Å². The van der Waals surface area contributed by atoms with Crippen molar-refractivity contribution >= 4 is 38.9 Å². The van der Waals surface area contributed by atoms with Gasteiger partial charge in [0.25, 0.3) is 0 Å². The third-order valence-electron chi connectivity index (χ3n) is 2.41. The molecule has 9 heteroatoms. The van der Waals surface area contributed by atoms with Gasteiger partial charge in [-0.25, -0.2) is 4.99 Å². The number of para-hydroxylation sites is 2. The van der Waals surface area contributed by atoms with Crippen molar-refractivity contribution in [3.8, 4) is 5.75 Å². The second kappa shape index (κ2) is 7.01. The monoisotopic (exact) mass is 393 g/mol. The molecule has 0 aliphatic rings. The van der Waals surface area contributed by atoms with E-state index in [0.717, 1.165) is 8.66 Å². The fourth-order valence-electron chi connectivity index (χ4n) is 1.56. The average molecular weight is 394 g/mol. The topological polar surface area (TPSA) is 59.6 Å². The molecule has 4 nitrogen and oxygen atoms in total. The number of rotatable bonds is 4. The van der Waals surface area contributed by atoms with Gasteiger partial charge in [-0.05, 0) is 40.2 Å². The predicted octanol–water partition coefficient (Wildman–Crippen LogP) is 4.34. The lowest BCUT2D eigenvalue weighted by atomic mass is 10.3. The fourth-order valence-corrected chi connectivity index (χ4v) is 2.97. The van der Waals surface area contributed by atoms with Gasteiger partial charge in [0.05, 0.1) is 16.0 Å². The molecule has 0 saturated heterocycles. The van der Waals surface area contributed by atoms with Crippen molar-refractivity contribution in [3.05, 3.63) is 45.1 Å². The zero-order chi connectivity index (χ0) is 16.2. The molecule has 22 heavy (non-hydrogen) atoms. The number of thiophene rings is 1. The van der Waals surface area contributed by atoms with E-state index in [9.17, 15) is 13.2 Å². The third kappa shape index (κ3) is 5.23. The molecule has 2 aromatic rings. The summed E-state index contributed by atoms with van der Waals surface area (Å²) in [6.45, 7) is 0.331. The number of alkyl halides is 3. The van der Waals surface area contributed by atoms with Crippen molar-refractivity contribution in [2.24, 2.45) is 10.7 Å². The minimum Gasteiger partial charge on any atom is -0.404 e. The molecule has 0 atom stereocenters. The molecule has 0 fully saturated rings. The van der Waals surface area contributed by atoms with Crippen LogP contribution in [0.3, 0.4) is 0 Å². The number of halogens is 4. The van der Waals surface area contributed by atoms with Gasteiger partial charge in [-0.3, -0.25) is 0 Å². The van der Waals surface area contributed by atoms with Gasteiger partial charge in [0.1, 0.15) is 0 Å². The normalized spacial score (nSPS) is 12.3. The van der Waals surface area contributed by atoms with Crippen molar-refractivity contribution < 1.29 is 17.9 Å². The molecule has 0 saturated carbocycles. The maximum atomic E-state index is 12.3. The number of ether oxygens (including phenoxy) is 1. The summed E-state index contributed by atoms with van der Waals surface area (Å²) in [6.07, 6.45) is -4.77. The molecule has 0 amide bonds. The first-order valence-electron chi connectivity index (χ1n) is 5.99. The number of hydrogen-bond acceptors (Lipinski definition) is 3. The molecule has 0 bridgehead atoms. The van der Waals surface area contributed by atoms with Crippen LogP contribution < -0.4 is 15.8 Å². The minimum absolute atomic E-state index is 0.00254. The zero-order valence-corrected chi connectivity index (χ0v) is 13.4. The second-order valence-corrected chi connectivity index (χ2v) is 6.62. The van der Waals surface area contributed by atoms with Crippen LogP contribution in [0.25, 0.3) is 0 Å². The summed E-state index contributed by atoms with van der Waals surface area (Å²) in [5.41, 5.74) is 5.78. The predicted molar refractivity (Wildman–Crippen MR) is 84.1 cm³/mol. The Hall–Kier alpha value is -1.74. The first-order valence-corrected chi connectivity index (χ1v) is 7.60. The Labute approximate surface area is 136 Å². The molecule has 1 aromatic carbocycles. The zero-order valence-electron chi connectivity index (χ0n) is 11.0. The molecule has 0 unspecified atom stereocenters. The number of anilines is 1. The Morgan fingerprint density at radius 1 is 1.27 bits per heavy atom. The summed E-state index contributed by atoms with van der Waals surface area (Å²) >= 11 is 4.83. The molecular weight excluding hydrogens is 383 g/mol. The van der Waals surface area contributed by atoms with Crippen molar-refractivity contribution in [3.63, 3.8) is 0 Å². The molecule has 2 rings (SSSR count). The largest absolute Gasteiger partial charge is 0.573 e. The van der Waals surface area contributed by atoms with Gasteiger partial charge in [0.2, 0.25) is 0 Å². The van der Waals surface area contributed by atoms with Crippen LogP contribution in [0.4, 0.5) is 18.9 Å². The standard InChI is InChI=1S/C13H11BrF3N3OS/c14-11-6-5-8(22-11)7-19-12(18)20-9-3-1-2-4-10(9)21-13(15,16)17/h1-6H,7H2,(H3,18,19,20). The van der Waals surface area contributed by atoms with Gasteiger partial charge < -0.3 is 15.8 Å². The summed E-state index contributed by atoms with van der Waals surface area (Å²) in [7, 11) is 0. The number of aliphatic imine (C=N–C) groups is 1. The number of hydrogen-bond donors (Lipinski definition) is 2.